The highest BCUT2D eigenvalue weighted by Crippen LogP contribution is 2.52. The molecule has 16 aromatic carbocycles. The Bertz CT molecular complexity index is 6080. The number of rotatable bonds is 16. The monoisotopic (exact) mass is 1470 g/mol. The van der Waals surface area contributed by atoms with Crippen molar-refractivity contribution < 1.29 is 9.13 Å². The summed E-state index contributed by atoms with van der Waals surface area (Å²) >= 11 is 0. The summed E-state index contributed by atoms with van der Waals surface area (Å²) in [7, 11) is -5.99. The number of benzene rings is 16. The molecule has 0 unspecified atom stereocenters. The van der Waals surface area contributed by atoms with Crippen LogP contribution in [0.15, 0.2) is 431 Å². The average Bonchev–Trinajstić information content (AvgIpc) is 1.56. The van der Waals surface area contributed by atoms with Gasteiger partial charge in [0.1, 0.15) is 0 Å². The zero-order valence-electron chi connectivity index (χ0n) is 60.9. The van der Waals surface area contributed by atoms with Crippen LogP contribution in [0, 0.1) is 0 Å². The summed E-state index contributed by atoms with van der Waals surface area (Å²) in [5, 5.41) is 5.17. The second-order valence-corrected chi connectivity index (χ2v) is 33.2. The molecule has 0 saturated carbocycles. The Morgan fingerprint density at radius 1 is 0.188 bits per heavy atom. The van der Waals surface area contributed by atoms with Crippen LogP contribution in [0.4, 0.5) is 0 Å². The van der Waals surface area contributed by atoms with Gasteiger partial charge in [-0.25, -0.2) is 24.9 Å². The molecule has 0 spiro atoms. The Labute approximate surface area is 652 Å². The van der Waals surface area contributed by atoms with Crippen LogP contribution in [0.1, 0.15) is 0 Å². The van der Waals surface area contributed by atoms with E-state index in [2.05, 4.69) is 249 Å². The van der Waals surface area contributed by atoms with Gasteiger partial charge in [0.15, 0.2) is 37.6 Å². The van der Waals surface area contributed by atoms with Gasteiger partial charge >= 0.3 is 0 Å². The largest absolute Gasteiger partial charge is 0.309 e. The van der Waals surface area contributed by atoms with Crippen molar-refractivity contribution in [3.05, 3.63) is 431 Å². The van der Waals surface area contributed by atoms with E-state index in [9.17, 15) is 9.13 Å². The molecule has 2 aromatic heterocycles. The molecule has 0 radical (unpaired) electrons. The fourth-order valence-electron chi connectivity index (χ4n) is 14.9. The van der Waals surface area contributed by atoms with Crippen molar-refractivity contribution in [2.75, 3.05) is 0 Å². The fourth-order valence-corrected chi connectivity index (χ4v) is 20.6. The summed E-state index contributed by atoms with van der Waals surface area (Å²) in [4.78, 5) is 25.1. The Balaban J connectivity index is 0.000000156. The van der Waals surface area contributed by atoms with Crippen LogP contribution in [-0.2, 0) is 9.13 Å². The Morgan fingerprint density at radius 2 is 0.438 bits per heavy atom. The lowest BCUT2D eigenvalue weighted by molar-refractivity contribution is 0.592. The molecule has 0 saturated heterocycles. The molecule has 0 bridgehead atoms. The minimum absolute atomic E-state index is 0.617. The van der Waals surface area contributed by atoms with Crippen LogP contribution in [0.3, 0.4) is 0 Å². The Morgan fingerprint density at radius 3 is 0.857 bits per heavy atom. The number of fused-ring (bicyclic) bond motifs is 3. The highest BCUT2D eigenvalue weighted by Gasteiger charge is 2.40. The summed E-state index contributed by atoms with van der Waals surface area (Å²) in [6.45, 7) is 0. The van der Waals surface area contributed by atoms with E-state index in [1.165, 1.54) is 16.7 Å². The molecule has 0 atom stereocenters. The van der Waals surface area contributed by atoms with Crippen molar-refractivity contribution in [3.63, 3.8) is 0 Å². The van der Waals surface area contributed by atoms with E-state index in [1.54, 1.807) is 0 Å². The van der Waals surface area contributed by atoms with Crippen molar-refractivity contribution in [1.82, 2.24) is 24.9 Å². The summed E-state index contributed by atoms with van der Waals surface area (Å²) in [5.41, 5.74) is 23.0. The number of hydrogen-bond donors (Lipinski definition) is 0. The predicted octanol–water partition coefficient (Wildman–Crippen LogP) is 23.6. The van der Waals surface area contributed by atoms with Crippen LogP contribution >= 0.6 is 14.3 Å². The van der Waals surface area contributed by atoms with Gasteiger partial charge in [0.05, 0.1) is 11.4 Å². The fraction of sp³-hybridized carbons (Fsp3) is 0. The van der Waals surface area contributed by atoms with E-state index in [-0.39, 0.29) is 0 Å². The van der Waals surface area contributed by atoms with Gasteiger partial charge < -0.3 is 9.13 Å². The topological polar surface area (TPSA) is 98.6 Å². The molecular formula is C103H71N5O2P2. The number of nitrogens with zero attached hydrogens (tertiary/aromatic N) is 5. The van der Waals surface area contributed by atoms with Crippen LogP contribution < -0.4 is 31.8 Å². The van der Waals surface area contributed by atoms with E-state index in [0.29, 0.717) is 23.3 Å². The quantitative estimate of drug-likeness (QED) is 0.0889. The SMILES string of the molecule is O=P(c1ccccc1)(c1ccccc1)c1ccc(-c2ccc(-c3cccc(-c4cc(-c5ccc(-c6ccccc6)cc5)nc(-c5ccccc5)n4)c3)cc2)cc1.O=P1(c2ccc(-c3ccc(-c4cccc(-c5nc(-c6ccccc6)nc(-c6ccc(-c7ccccc7)cc6)n5)c4)cc3)cc2)c2ccccc2-c2ccccc21. The predicted molar refractivity (Wildman–Crippen MR) is 465 cm³/mol. The third-order valence-corrected chi connectivity index (χ3v) is 27.1. The molecule has 3 heterocycles. The molecule has 0 aliphatic carbocycles. The van der Waals surface area contributed by atoms with Crippen LogP contribution in [-0.4, -0.2) is 24.9 Å². The highest BCUT2D eigenvalue weighted by atomic mass is 31.2. The molecule has 0 fully saturated rings. The molecule has 19 rings (SSSR count). The molecular weight excluding hydrogens is 1400 g/mol. The summed E-state index contributed by atoms with van der Waals surface area (Å²) < 4.78 is 29.7. The molecule has 0 N–H and O–H groups in total. The molecule has 530 valence electrons. The van der Waals surface area contributed by atoms with Crippen molar-refractivity contribution in [2.45, 2.75) is 0 Å². The number of aromatic nitrogens is 5. The molecule has 112 heavy (non-hydrogen) atoms. The van der Waals surface area contributed by atoms with Crippen molar-refractivity contribution in [2.24, 2.45) is 0 Å². The van der Waals surface area contributed by atoms with Gasteiger partial charge in [0, 0.05) is 65.2 Å². The van der Waals surface area contributed by atoms with Crippen molar-refractivity contribution in [3.8, 4) is 146 Å². The first-order valence-corrected chi connectivity index (χ1v) is 40.9. The molecule has 18 aromatic rings. The van der Waals surface area contributed by atoms with Gasteiger partial charge in [-0.3, -0.25) is 0 Å². The minimum atomic E-state index is -3.03. The van der Waals surface area contributed by atoms with Gasteiger partial charge in [0.25, 0.3) is 0 Å². The van der Waals surface area contributed by atoms with Crippen LogP contribution in [0.2, 0.25) is 0 Å². The lowest BCUT2D eigenvalue weighted by Crippen LogP contribution is -2.24. The summed E-state index contributed by atoms with van der Waals surface area (Å²) in [5.74, 6) is 2.56. The molecule has 9 heteroatoms. The first-order valence-electron chi connectivity index (χ1n) is 37.5. The highest BCUT2D eigenvalue weighted by molar-refractivity contribution is 7.86. The molecule has 1 aliphatic heterocycles. The van der Waals surface area contributed by atoms with E-state index in [0.717, 1.165) is 138 Å². The zero-order chi connectivity index (χ0) is 75.2. The lowest BCUT2D eigenvalue weighted by atomic mass is 9.98. The maximum absolute atomic E-state index is 14.9. The van der Waals surface area contributed by atoms with E-state index < -0.39 is 14.3 Å². The third kappa shape index (κ3) is 14.1. The van der Waals surface area contributed by atoms with E-state index in [4.69, 9.17) is 24.9 Å². The van der Waals surface area contributed by atoms with Gasteiger partial charge in [-0.05, 0) is 96.1 Å². The van der Waals surface area contributed by atoms with Gasteiger partial charge in [0.2, 0.25) is 0 Å². The first kappa shape index (κ1) is 69.8. The average molecular weight is 1470 g/mol. The minimum Gasteiger partial charge on any atom is -0.309 e. The van der Waals surface area contributed by atoms with Gasteiger partial charge in [-0.2, -0.15) is 0 Å². The molecule has 1 aliphatic rings. The molecule has 0 amide bonds. The standard InChI is InChI=1S/C52H37N2OP.C51H34N3OP/c55-56(47-20-9-3-10-21-47,48-22-11-4-12-23-48)49-34-32-41(33-35-49)40-24-26-42(27-25-40)45-18-13-19-46(36-45)51-37-50(53-52(54-51)44-16-7-2-8-17-44)43-30-28-39(29-31-43)38-14-5-1-6-15-38;55-56(47-20-9-7-18-45(47)46-19-8-10-21-48(46)56)44-32-30-38(31-33-44)37-22-24-39(25-23-37)42-16-11-17-43(34-42)51-53-49(40-14-5-2-6-15-40)52-50(54-51)41-28-26-36(27-29-41)35-12-3-1-4-13-35/h1-37H;1-34H. The third-order valence-electron chi connectivity index (χ3n) is 20.8. The lowest BCUT2D eigenvalue weighted by Gasteiger charge is -2.20. The Kier molecular flexibility index (Phi) is 19.3. The van der Waals surface area contributed by atoms with Crippen LogP contribution in [0.5, 0.6) is 0 Å². The zero-order valence-corrected chi connectivity index (χ0v) is 62.7. The van der Waals surface area contributed by atoms with Gasteiger partial charge in [-0.15, -0.1) is 0 Å². The second kappa shape index (κ2) is 31.0. The summed E-state index contributed by atoms with van der Waals surface area (Å²) in [6, 6.07) is 146. The van der Waals surface area contributed by atoms with Crippen molar-refractivity contribution >= 4 is 46.1 Å². The first-order chi connectivity index (χ1) is 55.2. The maximum Gasteiger partial charge on any atom is 0.172 e. The van der Waals surface area contributed by atoms with E-state index >= 15 is 0 Å². The maximum atomic E-state index is 14.9. The summed E-state index contributed by atoms with van der Waals surface area (Å²) in [6.07, 6.45) is 0. The van der Waals surface area contributed by atoms with Crippen molar-refractivity contribution in [1.29, 1.82) is 0 Å². The molecule has 7 nitrogen and oxygen atoms in total. The smallest absolute Gasteiger partial charge is 0.172 e. The van der Waals surface area contributed by atoms with Crippen LogP contribution in [0.25, 0.3) is 146 Å². The van der Waals surface area contributed by atoms with Gasteiger partial charge in [-0.1, -0.05) is 413 Å². The van der Waals surface area contributed by atoms with E-state index in [1.807, 2.05) is 182 Å². The normalized spacial score (nSPS) is 11.9. The Hall–Kier alpha value is -13.9. The second-order valence-electron chi connectivity index (χ2n) is 27.7. The number of hydrogen-bond acceptors (Lipinski definition) is 7.